The molecule has 0 saturated heterocycles. The predicted octanol–water partition coefficient (Wildman–Crippen LogP) is 3.46. The van der Waals surface area contributed by atoms with E-state index in [1.54, 1.807) is 7.05 Å². The van der Waals surface area contributed by atoms with Crippen molar-refractivity contribution in [2.24, 2.45) is 4.99 Å². The maximum atomic E-state index is 12.4. The van der Waals surface area contributed by atoms with E-state index in [2.05, 4.69) is 35.5 Å². The summed E-state index contributed by atoms with van der Waals surface area (Å²) >= 11 is 0. The first-order valence-corrected chi connectivity index (χ1v) is 12.1. The van der Waals surface area contributed by atoms with Crippen molar-refractivity contribution >= 4 is 15.8 Å². The first-order valence-electron chi connectivity index (χ1n) is 10.3. The molecular weight excluding hydrogens is 398 g/mol. The highest BCUT2D eigenvalue weighted by molar-refractivity contribution is 7.90. The molecule has 0 bridgehead atoms. The zero-order valence-electron chi connectivity index (χ0n) is 17.9. The Kier molecular flexibility index (Phi) is 7.02. The molecule has 1 heterocycles. The van der Waals surface area contributed by atoms with Gasteiger partial charge in [-0.25, -0.2) is 8.42 Å². The summed E-state index contributed by atoms with van der Waals surface area (Å²) in [4.78, 5) is 4.31. The number of hydrogen-bond acceptors (Lipinski definition) is 4. The second-order valence-electron chi connectivity index (χ2n) is 8.23. The van der Waals surface area contributed by atoms with Crippen molar-refractivity contribution in [3.63, 3.8) is 0 Å². The van der Waals surface area contributed by atoms with Crippen LogP contribution in [0.5, 0.6) is 5.75 Å². The van der Waals surface area contributed by atoms with Gasteiger partial charge in [0.2, 0.25) is 0 Å². The van der Waals surface area contributed by atoms with Crippen LogP contribution < -0.4 is 15.4 Å². The van der Waals surface area contributed by atoms with Gasteiger partial charge in [-0.05, 0) is 31.9 Å². The summed E-state index contributed by atoms with van der Waals surface area (Å²) in [6.07, 6.45) is 1.32. The van der Waals surface area contributed by atoms with Crippen LogP contribution in [0.1, 0.15) is 43.9 Å². The summed E-state index contributed by atoms with van der Waals surface area (Å²) in [6, 6.07) is 17.4. The third-order valence-corrected chi connectivity index (χ3v) is 6.75. The van der Waals surface area contributed by atoms with Gasteiger partial charge in [-0.2, -0.15) is 0 Å². The Labute approximate surface area is 179 Å². The Morgan fingerprint density at radius 1 is 1.13 bits per heavy atom. The largest absolute Gasteiger partial charge is 0.487 e. The van der Waals surface area contributed by atoms with Crippen molar-refractivity contribution in [1.82, 2.24) is 10.6 Å². The molecule has 1 atom stereocenters. The minimum absolute atomic E-state index is 0.0676. The second-order valence-corrected chi connectivity index (χ2v) is 10.4. The van der Waals surface area contributed by atoms with Crippen LogP contribution in [0, 0.1) is 0 Å². The summed E-state index contributed by atoms with van der Waals surface area (Å²) in [7, 11) is -1.42. The van der Waals surface area contributed by atoms with Crippen LogP contribution in [0.2, 0.25) is 0 Å². The normalized spacial score (nSPS) is 18.2. The smallest absolute Gasteiger partial charge is 0.191 e. The van der Waals surface area contributed by atoms with Gasteiger partial charge in [0.15, 0.2) is 15.8 Å². The van der Waals surface area contributed by atoms with Crippen LogP contribution in [0.15, 0.2) is 59.6 Å². The second kappa shape index (κ2) is 9.51. The first-order chi connectivity index (χ1) is 14.3. The van der Waals surface area contributed by atoms with Gasteiger partial charge in [-0.1, -0.05) is 48.5 Å². The zero-order valence-corrected chi connectivity index (χ0v) is 18.7. The van der Waals surface area contributed by atoms with Crippen LogP contribution in [0.4, 0.5) is 0 Å². The number of ether oxygens (including phenoxy) is 1. The third kappa shape index (κ3) is 6.23. The molecule has 0 spiro atoms. The number of nitrogens with one attached hydrogen (secondary N) is 2. The molecule has 30 heavy (non-hydrogen) atoms. The fourth-order valence-corrected chi connectivity index (χ4v) is 5.12. The van der Waals surface area contributed by atoms with Crippen molar-refractivity contribution in [1.29, 1.82) is 0 Å². The quantitative estimate of drug-likeness (QED) is 0.400. The molecule has 7 heteroatoms. The summed E-state index contributed by atoms with van der Waals surface area (Å²) in [6.45, 7) is 4.68. The molecule has 0 aromatic heterocycles. The van der Waals surface area contributed by atoms with Gasteiger partial charge in [0.25, 0.3) is 0 Å². The fraction of sp³-hybridized carbons (Fsp3) is 0.435. The highest BCUT2D eigenvalue weighted by Crippen LogP contribution is 2.39. The van der Waals surface area contributed by atoms with Gasteiger partial charge in [-0.15, -0.1) is 0 Å². The molecule has 1 aliphatic rings. The highest BCUT2D eigenvalue weighted by atomic mass is 32.2. The topological polar surface area (TPSA) is 79.8 Å². The SMILES string of the molecule is CN=C(NCCCS(=O)(=O)Cc1ccccc1)NC1CC(C)(C)Oc2ccccc21. The van der Waals surface area contributed by atoms with Crippen molar-refractivity contribution in [3.8, 4) is 5.75 Å². The molecule has 0 radical (unpaired) electrons. The molecule has 0 saturated carbocycles. The van der Waals surface area contributed by atoms with Gasteiger partial charge in [0, 0.05) is 25.6 Å². The number of sulfone groups is 1. The molecule has 2 N–H and O–H groups in total. The van der Waals surface area contributed by atoms with E-state index in [1.165, 1.54) is 0 Å². The highest BCUT2D eigenvalue weighted by Gasteiger charge is 2.33. The molecule has 0 amide bonds. The van der Waals surface area contributed by atoms with E-state index in [0.29, 0.717) is 18.9 Å². The van der Waals surface area contributed by atoms with Crippen LogP contribution in [0.25, 0.3) is 0 Å². The van der Waals surface area contributed by atoms with E-state index >= 15 is 0 Å². The monoisotopic (exact) mass is 429 g/mol. The Morgan fingerprint density at radius 3 is 2.57 bits per heavy atom. The summed E-state index contributed by atoms with van der Waals surface area (Å²) < 4.78 is 30.8. The van der Waals surface area contributed by atoms with Crippen molar-refractivity contribution in [3.05, 3.63) is 65.7 Å². The van der Waals surface area contributed by atoms with Crippen LogP contribution in [-0.2, 0) is 15.6 Å². The Balaban J connectivity index is 1.52. The molecule has 2 aromatic rings. The van der Waals surface area contributed by atoms with Gasteiger partial charge in [0.05, 0.1) is 17.5 Å². The maximum absolute atomic E-state index is 12.4. The maximum Gasteiger partial charge on any atom is 0.191 e. The number of para-hydroxylation sites is 1. The molecule has 6 nitrogen and oxygen atoms in total. The average molecular weight is 430 g/mol. The Bertz CT molecular complexity index is 972. The first kappa shape index (κ1) is 22.2. The van der Waals surface area contributed by atoms with E-state index in [-0.39, 0.29) is 23.1 Å². The number of fused-ring (bicyclic) bond motifs is 1. The number of benzene rings is 2. The molecule has 1 aliphatic heterocycles. The number of nitrogens with zero attached hydrogens (tertiary/aromatic N) is 1. The molecule has 1 unspecified atom stereocenters. The fourth-order valence-electron chi connectivity index (χ4n) is 3.69. The molecule has 3 rings (SSSR count). The van der Waals surface area contributed by atoms with E-state index in [4.69, 9.17) is 4.74 Å². The number of rotatable bonds is 7. The van der Waals surface area contributed by atoms with E-state index in [1.807, 2.05) is 48.5 Å². The van der Waals surface area contributed by atoms with Crippen LogP contribution >= 0.6 is 0 Å². The Morgan fingerprint density at radius 2 is 1.83 bits per heavy atom. The number of guanidine groups is 1. The standard InChI is InChI=1S/C23H31N3O3S/c1-23(2)16-20(19-12-7-8-13-21(19)29-23)26-22(24-3)25-14-9-15-30(27,28)17-18-10-5-4-6-11-18/h4-8,10-13,20H,9,14-17H2,1-3H3,(H2,24,25,26). The minimum atomic E-state index is -3.14. The lowest BCUT2D eigenvalue weighted by Gasteiger charge is -2.38. The Hall–Kier alpha value is -2.54. The van der Waals surface area contributed by atoms with Gasteiger partial charge < -0.3 is 15.4 Å². The zero-order chi connectivity index (χ0) is 21.6. The summed E-state index contributed by atoms with van der Waals surface area (Å²) in [5.41, 5.74) is 1.64. The predicted molar refractivity (Wildman–Crippen MR) is 122 cm³/mol. The third-order valence-electron chi connectivity index (χ3n) is 5.06. The average Bonchev–Trinajstić information content (AvgIpc) is 2.69. The molecule has 2 aromatic carbocycles. The lowest BCUT2D eigenvalue weighted by molar-refractivity contribution is 0.0694. The lowest BCUT2D eigenvalue weighted by Crippen LogP contribution is -2.45. The van der Waals surface area contributed by atoms with Gasteiger partial charge in [0.1, 0.15) is 11.4 Å². The lowest BCUT2D eigenvalue weighted by atomic mass is 9.90. The molecule has 162 valence electrons. The van der Waals surface area contributed by atoms with E-state index in [0.717, 1.165) is 23.3 Å². The van der Waals surface area contributed by atoms with Crippen molar-refractivity contribution < 1.29 is 13.2 Å². The molecular formula is C23H31N3O3S. The van der Waals surface area contributed by atoms with Crippen molar-refractivity contribution in [2.45, 2.75) is 44.1 Å². The van der Waals surface area contributed by atoms with E-state index in [9.17, 15) is 8.42 Å². The van der Waals surface area contributed by atoms with Crippen molar-refractivity contribution in [2.75, 3.05) is 19.3 Å². The number of aliphatic imine (C=N–C) groups is 1. The molecule has 0 fully saturated rings. The van der Waals surface area contributed by atoms with E-state index < -0.39 is 9.84 Å². The minimum Gasteiger partial charge on any atom is -0.487 e. The van der Waals surface area contributed by atoms with Gasteiger partial charge in [-0.3, -0.25) is 4.99 Å². The van der Waals surface area contributed by atoms with Crippen LogP contribution in [-0.4, -0.2) is 39.3 Å². The number of hydrogen-bond donors (Lipinski definition) is 2. The molecule has 0 aliphatic carbocycles. The summed E-state index contributed by atoms with van der Waals surface area (Å²) in [5.74, 6) is 1.76. The summed E-state index contributed by atoms with van der Waals surface area (Å²) in [5, 5.41) is 6.71. The van der Waals surface area contributed by atoms with Crippen LogP contribution in [0.3, 0.4) is 0 Å². The van der Waals surface area contributed by atoms with Gasteiger partial charge >= 0.3 is 0 Å².